The van der Waals surface area contributed by atoms with Crippen LogP contribution in [0, 0.1) is 6.92 Å². The van der Waals surface area contributed by atoms with Gasteiger partial charge in [0.25, 0.3) is 5.91 Å². The molecule has 120 valence electrons. The lowest BCUT2D eigenvalue weighted by Gasteiger charge is -2.11. The van der Waals surface area contributed by atoms with E-state index in [-0.39, 0.29) is 5.91 Å². The molecule has 0 aromatic heterocycles. The number of anilines is 1. The van der Waals surface area contributed by atoms with Crippen LogP contribution in [0.1, 0.15) is 18.1 Å². The highest BCUT2D eigenvalue weighted by Crippen LogP contribution is 2.25. The van der Waals surface area contributed by atoms with E-state index in [1.165, 1.54) is 0 Å². The number of carbonyl (C=O) groups is 1. The maximum atomic E-state index is 12.0. The number of carbonyl (C=O) groups excluding carboxylic acids is 1. The van der Waals surface area contributed by atoms with Gasteiger partial charge in [-0.25, -0.2) is 0 Å². The van der Waals surface area contributed by atoms with Crippen molar-refractivity contribution in [2.24, 2.45) is 5.16 Å². The Morgan fingerprint density at radius 2 is 1.91 bits per heavy atom. The summed E-state index contributed by atoms with van der Waals surface area (Å²) in [4.78, 5) is 17.2. The summed E-state index contributed by atoms with van der Waals surface area (Å²) in [7, 11) is 0. The molecule has 0 aliphatic carbocycles. The van der Waals surface area contributed by atoms with Gasteiger partial charge >= 0.3 is 0 Å². The molecule has 0 unspecified atom stereocenters. The second-order valence-electron chi connectivity index (χ2n) is 5.01. The number of hydrogen-bond acceptors (Lipinski definition) is 3. The van der Waals surface area contributed by atoms with Crippen LogP contribution in [0.15, 0.2) is 47.6 Å². The molecule has 0 aliphatic rings. The number of amides is 1. The highest BCUT2D eigenvalue weighted by Gasteiger charge is 2.15. The second-order valence-corrected chi connectivity index (χ2v) is 5.85. The summed E-state index contributed by atoms with van der Waals surface area (Å²) in [5.74, 6) is -0.352. The number of nitrogens with one attached hydrogen (secondary N) is 1. The normalized spacial score (nSPS) is 12.2. The number of nitrogens with zero attached hydrogens (tertiary/aromatic N) is 1. The molecule has 0 spiro atoms. The molecule has 0 aliphatic heterocycles. The molecule has 2 rings (SSSR count). The number of oxime groups is 1. The Bertz CT molecular complexity index is 715. The predicted octanol–water partition coefficient (Wildman–Crippen LogP) is 4.68. The molecule has 0 saturated heterocycles. The van der Waals surface area contributed by atoms with Gasteiger partial charge in [-0.05, 0) is 37.6 Å². The molecule has 2 aromatic carbocycles. The Morgan fingerprint density at radius 3 is 2.57 bits per heavy atom. The van der Waals surface area contributed by atoms with Gasteiger partial charge in [0.2, 0.25) is 6.10 Å². The van der Waals surface area contributed by atoms with E-state index in [9.17, 15) is 4.79 Å². The first kappa shape index (κ1) is 17.3. The van der Waals surface area contributed by atoms with Crippen molar-refractivity contribution in [2.75, 3.05) is 5.32 Å². The van der Waals surface area contributed by atoms with Crippen molar-refractivity contribution >= 4 is 41.0 Å². The fraction of sp³-hybridized carbons (Fsp3) is 0.176. The van der Waals surface area contributed by atoms with Gasteiger partial charge in [-0.15, -0.1) is 0 Å². The third kappa shape index (κ3) is 5.27. The molecule has 0 radical (unpaired) electrons. The quantitative estimate of drug-likeness (QED) is 0.628. The average Bonchev–Trinajstić information content (AvgIpc) is 2.51. The van der Waals surface area contributed by atoms with E-state index in [1.54, 1.807) is 31.3 Å². The van der Waals surface area contributed by atoms with Gasteiger partial charge in [0, 0.05) is 5.02 Å². The summed E-state index contributed by atoms with van der Waals surface area (Å²) < 4.78 is 0. The molecule has 0 bridgehead atoms. The SMILES string of the molecule is Cc1ccc(/C=N\O[C@H](C)C(=O)Nc2ccc(Cl)cc2Cl)cc1. The summed E-state index contributed by atoms with van der Waals surface area (Å²) in [5, 5.41) is 7.36. The number of hydrogen-bond donors (Lipinski definition) is 1. The first-order valence-electron chi connectivity index (χ1n) is 6.97. The zero-order chi connectivity index (χ0) is 16.8. The Labute approximate surface area is 145 Å². The largest absolute Gasteiger partial charge is 0.383 e. The van der Waals surface area contributed by atoms with Crippen molar-refractivity contribution in [2.45, 2.75) is 20.0 Å². The van der Waals surface area contributed by atoms with Crippen LogP contribution < -0.4 is 5.32 Å². The summed E-state index contributed by atoms with van der Waals surface area (Å²) in [6.07, 6.45) is 0.793. The van der Waals surface area contributed by atoms with E-state index in [1.807, 2.05) is 31.2 Å². The lowest BCUT2D eigenvalue weighted by Crippen LogP contribution is -2.26. The zero-order valence-corrected chi connectivity index (χ0v) is 14.2. The van der Waals surface area contributed by atoms with E-state index >= 15 is 0 Å². The summed E-state index contributed by atoms with van der Waals surface area (Å²) in [5.41, 5.74) is 2.53. The van der Waals surface area contributed by atoms with Crippen LogP contribution >= 0.6 is 23.2 Å². The van der Waals surface area contributed by atoms with Crippen molar-refractivity contribution in [1.82, 2.24) is 0 Å². The van der Waals surface area contributed by atoms with Gasteiger partial charge in [-0.3, -0.25) is 4.79 Å². The minimum Gasteiger partial charge on any atom is -0.383 e. The fourth-order valence-electron chi connectivity index (χ4n) is 1.71. The number of rotatable bonds is 5. The second kappa shape index (κ2) is 7.99. The van der Waals surface area contributed by atoms with E-state index in [4.69, 9.17) is 28.0 Å². The predicted molar refractivity (Wildman–Crippen MR) is 94.4 cm³/mol. The molecular weight excluding hydrogens is 335 g/mol. The monoisotopic (exact) mass is 350 g/mol. The summed E-state index contributed by atoms with van der Waals surface area (Å²) >= 11 is 11.8. The number of halogens is 2. The van der Waals surface area contributed by atoms with Gasteiger partial charge in [0.15, 0.2) is 0 Å². The highest BCUT2D eigenvalue weighted by atomic mass is 35.5. The molecule has 23 heavy (non-hydrogen) atoms. The minimum atomic E-state index is -0.761. The number of benzene rings is 2. The minimum absolute atomic E-state index is 0.352. The summed E-state index contributed by atoms with van der Waals surface area (Å²) in [6, 6.07) is 12.6. The van der Waals surface area contributed by atoms with Crippen LogP contribution in [-0.4, -0.2) is 18.2 Å². The van der Waals surface area contributed by atoms with Gasteiger partial charge in [0.1, 0.15) is 0 Å². The molecule has 0 heterocycles. The van der Waals surface area contributed by atoms with E-state index in [0.29, 0.717) is 15.7 Å². The highest BCUT2D eigenvalue weighted by molar-refractivity contribution is 6.36. The lowest BCUT2D eigenvalue weighted by molar-refractivity contribution is -0.126. The third-order valence-electron chi connectivity index (χ3n) is 3.06. The maximum absolute atomic E-state index is 12.0. The lowest BCUT2D eigenvalue weighted by atomic mass is 10.2. The van der Waals surface area contributed by atoms with Gasteiger partial charge < -0.3 is 10.2 Å². The van der Waals surface area contributed by atoms with Crippen LogP contribution in [-0.2, 0) is 9.63 Å². The van der Waals surface area contributed by atoms with Crippen LogP contribution in [0.4, 0.5) is 5.69 Å². The zero-order valence-electron chi connectivity index (χ0n) is 12.7. The van der Waals surface area contributed by atoms with Crippen molar-refractivity contribution in [3.63, 3.8) is 0 Å². The van der Waals surface area contributed by atoms with E-state index < -0.39 is 6.10 Å². The standard InChI is InChI=1S/C17H16Cl2N2O2/c1-11-3-5-13(6-4-11)10-20-23-12(2)17(22)21-16-8-7-14(18)9-15(16)19/h3-10,12H,1-2H3,(H,21,22)/b20-10-/t12-/m1/s1. The molecule has 0 saturated carbocycles. The molecule has 6 heteroatoms. The van der Waals surface area contributed by atoms with Crippen LogP contribution in [0.2, 0.25) is 10.0 Å². The van der Waals surface area contributed by atoms with E-state index in [2.05, 4.69) is 10.5 Å². The molecule has 0 fully saturated rings. The van der Waals surface area contributed by atoms with Crippen LogP contribution in [0.25, 0.3) is 0 Å². The van der Waals surface area contributed by atoms with Gasteiger partial charge in [-0.2, -0.15) is 0 Å². The van der Waals surface area contributed by atoms with Crippen LogP contribution in [0.3, 0.4) is 0 Å². The molecule has 4 nitrogen and oxygen atoms in total. The molecule has 1 atom stereocenters. The first-order valence-corrected chi connectivity index (χ1v) is 7.73. The van der Waals surface area contributed by atoms with Crippen molar-refractivity contribution in [1.29, 1.82) is 0 Å². The summed E-state index contributed by atoms with van der Waals surface area (Å²) in [6.45, 7) is 3.61. The molecule has 1 amide bonds. The Kier molecular flexibility index (Phi) is 6.02. The number of aryl methyl sites for hydroxylation is 1. The topological polar surface area (TPSA) is 50.7 Å². The van der Waals surface area contributed by atoms with Crippen LogP contribution in [0.5, 0.6) is 0 Å². The Hall–Kier alpha value is -2.04. The Balaban J connectivity index is 1.90. The fourth-order valence-corrected chi connectivity index (χ4v) is 2.16. The van der Waals surface area contributed by atoms with E-state index in [0.717, 1.165) is 11.1 Å². The first-order chi connectivity index (χ1) is 11.0. The molecule has 2 aromatic rings. The average molecular weight is 351 g/mol. The smallest absolute Gasteiger partial charge is 0.268 e. The molecular formula is C17H16Cl2N2O2. The Morgan fingerprint density at radius 1 is 1.22 bits per heavy atom. The third-order valence-corrected chi connectivity index (χ3v) is 3.60. The molecule has 1 N–H and O–H groups in total. The van der Waals surface area contributed by atoms with Crippen molar-refractivity contribution in [3.05, 3.63) is 63.6 Å². The van der Waals surface area contributed by atoms with Gasteiger partial charge in [0.05, 0.1) is 16.9 Å². The van der Waals surface area contributed by atoms with Gasteiger partial charge in [-0.1, -0.05) is 58.2 Å². The van der Waals surface area contributed by atoms with Crippen molar-refractivity contribution < 1.29 is 9.63 Å². The van der Waals surface area contributed by atoms with Crippen molar-refractivity contribution in [3.8, 4) is 0 Å². The maximum Gasteiger partial charge on any atom is 0.268 e.